The number of amides is 1. The van der Waals surface area contributed by atoms with Crippen molar-refractivity contribution in [2.75, 3.05) is 172 Å². The number of carbonyl (C=O) groups excluding carboxylic acids is 2. The van der Waals surface area contributed by atoms with E-state index in [2.05, 4.69) is 5.32 Å². The zero-order chi connectivity index (χ0) is 41.5. The summed E-state index contributed by atoms with van der Waals surface area (Å²) in [5, 5.41) is 19.7. The predicted molar refractivity (Wildman–Crippen MR) is 201 cm³/mol. The van der Waals surface area contributed by atoms with Gasteiger partial charge in [-0.2, -0.15) is 0 Å². The second kappa shape index (κ2) is 46.1. The first-order valence-corrected chi connectivity index (χ1v) is 19.7. The number of carboxylic acids is 2. The van der Waals surface area contributed by atoms with Gasteiger partial charge in [-0.3, -0.25) is 19.2 Å². The molecule has 20 heteroatoms. The maximum absolute atomic E-state index is 11.5. The third-order valence-corrected chi connectivity index (χ3v) is 6.96. The number of hydrogen-bond acceptors (Lipinski definition) is 17. The van der Waals surface area contributed by atoms with Gasteiger partial charge in [-0.15, -0.1) is 0 Å². The molecule has 57 heavy (non-hydrogen) atoms. The summed E-state index contributed by atoms with van der Waals surface area (Å²) < 4.78 is 70.3. The molecule has 0 saturated carbocycles. The molecule has 0 saturated heterocycles. The van der Waals surface area contributed by atoms with Crippen LogP contribution in [0, 0.1) is 0 Å². The lowest BCUT2D eigenvalue weighted by Gasteiger charge is -2.09. The van der Waals surface area contributed by atoms with Crippen LogP contribution in [0.4, 0.5) is 0 Å². The molecular weight excluding hydrogens is 762 g/mol. The molecule has 0 atom stereocenters. The van der Waals surface area contributed by atoms with Gasteiger partial charge in [-0.05, 0) is 19.3 Å². The average molecular weight is 832 g/mol. The van der Waals surface area contributed by atoms with Gasteiger partial charge in [-0.1, -0.05) is 0 Å². The smallest absolute Gasteiger partial charge is 0.305 e. The van der Waals surface area contributed by atoms with Gasteiger partial charge < -0.3 is 77.1 Å². The molecule has 1 amide bonds. The zero-order valence-corrected chi connectivity index (χ0v) is 33.7. The molecule has 0 aromatic rings. The highest BCUT2D eigenvalue weighted by Gasteiger charge is 2.05. The first kappa shape index (κ1) is 54.4. The van der Waals surface area contributed by atoms with Crippen LogP contribution in [-0.2, 0) is 80.8 Å². The molecule has 0 aliphatic heterocycles. The molecule has 0 radical (unpaired) electrons. The Morgan fingerprint density at radius 1 is 0.316 bits per heavy atom. The minimum Gasteiger partial charge on any atom is -0.481 e. The minimum atomic E-state index is -0.989. The van der Waals surface area contributed by atoms with Gasteiger partial charge in [0.2, 0.25) is 5.91 Å². The average Bonchev–Trinajstić information content (AvgIpc) is 3.19. The fourth-order valence-electron chi connectivity index (χ4n) is 4.06. The van der Waals surface area contributed by atoms with Gasteiger partial charge in [0.25, 0.3) is 0 Å². The Morgan fingerprint density at radius 2 is 0.596 bits per heavy atom. The van der Waals surface area contributed by atoms with Crippen molar-refractivity contribution >= 4 is 23.8 Å². The molecule has 0 bridgehead atoms. The van der Waals surface area contributed by atoms with E-state index in [1.54, 1.807) is 0 Å². The van der Waals surface area contributed by atoms with E-state index < -0.39 is 11.9 Å². The highest BCUT2D eigenvalue weighted by atomic mass is 16.6. The van der Waals surface area contributed by atoms with Crippen molar-refractivity contribution in [1.82, 2.24) is 5.32 Å². The monoisotopic (exact) mass is 831 g/mol. The minimum absolute atomic E-state index is 0.0178. The van der Waals surface area contributed by atoms with Crippen molar-refractivity contribution in [2.45, 2.75) is 44.9 Å². The Balaban J connectivity index is 3.12. The molecule has 20 nitrogen and oxygen atoms in total. The van der Waals surface area contributed by atoms with E-state index >= 15 is 0 Å². The SMILES string of the molecule is O=C(O)CCCCC(=O)OCCOCCOCCOCCOCCOCCOCCOCCOCCOCCOCCOCCOCCCNC(=O)CCC(=O)O. The maximum atomic E-state index is 11.5. The topological polar surface area (TPSA) is 241 Å². The summed E-state index contributed by atoms with van der Waals surface area (Å²) in [6.45, 7) is 11.3. The Bertz CT molecular complexity index is 916. The molecule has 0 unspecified atom stereocenters. The van der Waals surface area contributed by atoms with Crippen LogP contribution >= 0.6 is 0 Å². The van der Waals surface area contributed by atoms with E-state index in [-0.39, 0.29) is 50.8 Å². The lowest BCUT2D eigenvalue weighted by atomic mass is 10.2. The van der Waals surface area contributed by atoms with Crippen molar-refractivity contribution in [3.63, 3.8) is 0 Å². The molecule has 0 rings (SSSR count). The predicted octanol–water partition coefficient (Wildman–Crippen LogP) is 0.745. The van der Waals surface area contributed by atoms with Gasteiger partial charge >= 0.3 is 17.9 Å². The van der Waals surface area contributed by atoms with Crippen molar-refractivity contribution in [2.24, 2.45) is 0 Å². The van der Waals surface area contributed by atoms with Gasteiger partial charge in [0.15, 0.2) is 0 Å². The van der Waals surface area contributed by atoms with Crippen molar-refractivity contribution < 1.29 is 91.0 Å². The number of carboxylic acid groups (broad SMARTS) is 2. The molecular formula is C37H69NO19. The number of ether oxygens (including phenoxy) is 13. The number of unbranched alkanes of at least 4 members (excludes halogenated alkanes) is 1. The fraction of sp³-hybridized carbons (Fsp3) is 0.892. The van der Waals surface area contributed by atoms with Crippen LogP contribution in [0.5, 0.6) is 0 Å². The number of rotatable bonds is 48. The van der Waals surface area contributed by atoms with E-state index in [4.69, 9.17) is 71.8 Å². The Hall–Kier alpha value is -2.60. The van der Waals surface area contributed by atoms with Crippen LogP contribution in [0.25, 0.3) is 0 Å². The lowest BCUT2D eigenvalue weighted by molar-refractivity contribution is -0.146. The molecule has 0 fully saturated rings. The van der Waals surface area contributed by atoms with Crippen LogP contribution in [0.1, 0.15) is 44.9 Å². The molecule has 336 valence electrons. The normalized spacial score (nSPS) is 11.2. The van der Waals surface area contributed by atoms with Gasteiger partial charge in [-0.25, -0.2) is 0 Å². The van der Waals surface area contributed by atoms with E-state index in [9.17, 15) is 19.2 Å². The quantitative estimate of drug-likeness (QED) is 0.0566. The van der Waals surface area contributed by atoms with Crippen LogP contribution in [-0.4, -0.2) is 206 Å². The molecule has 0 aliphatic rings. The summed E-state index contributed by atoms with van der Waals surface area (Å²) in [5.74, 6) is -2.49. The Labute approximate surface area is 336 Å². The number of hydrogen-bond donors (Lipinski definition) is 3. The summed E-state index contributed by atoms with van der Waals surface area (Å²) in [6, 6.07) is 0. The van der Waals surface area contributed by atoms with Gasteiger partial charge in [0, 0.05) is 32.4 Å². The highest BCUT2D eigenvalue weighted by molar-refractivity contribution is 5.80. The second-order valence-electron chi connectivity index (χ2n) is 11.8. The number of esters is 1. The van der Waals surface area contributed by atoms with Crippen LogP contribution in [0.2, 0.25) is 0 Å². The summed E-state index contributed by atoms with van der Waals surface area (Å²) in [7, 11) is 0. The summed E-state index contributed by atoms with van der Waals surface area (Å²) in [5.41, 5.74) is 0. The molecule has 3 N–H and O–H groups in total. The third-order valence-electron chi connectivity index (χ3n) is 6.96. The largest absolute Gasteiger partial charge is 0.481 e. The summed E-state index contributed by atoms with van der Waals surface area (Å²) in [4.78, 5) is 43.7. The van der Waals surface area contributed by atoms with Crippen molar-refractivity contribution in [1.29, 1.82) is 0 Å². The van der Waals surface area contributed by atoms with E-state index in [1.807, 2.05) is 0 Å². The fourth-order valence-corrected chi connectivity index (χ4v) is 4.06. The second-order valence-corrected chi connectivity index (χ2v) is 11.8. The third kappa shape index (κ3) is 49.5. The van der Waals surface area contributed by atoms with Crippen molar-refractivity contribution in [3.8, 4) is 0 Å². The molecule has 0 aromatic carbocycles. The van der Waals surface area contributed by atoms with Gasteiger partial charge in [0.1, 0.15) is 6.61 Å². The molecule has 0 spiro atoms. The number of aliphatic carboxylic acids is 2. The summed E-state index contributed by atoms with van der Waals surface area (Å²) in [6.07, 6.45) is 1.66. The van der Waals surface area contributed by atoms with Crippen molar-refractivity contribution in [3.05, 3.63) is 0 Å². The van der Waals surface area contributed by atoms with E-state index in [0.717, 1.165) is 0 Å². The van der Waals surface area contributed by atoms with Crippen LogP contribution < -0.4 is 5.32 Å². The number of nitrogens with one attached hydrogen (secondary N) is 1. The van der Waals surface area contributed by atoms with E-state index in [0.29, 0.717) is 178 Å². The lowest BCUT2D eigenvalue weighted by Crippen LogP contribution is -2.25. The molecule has 0 aliphatic carbocycles. The van der Waals surface area contributed by atoms with Gasteiger partial charge in [0.05, 0.1) is 158 Å². The van der Waals surface area contributed by atoms with Crippen LogP contribution in [0.15, 0.2) is 0 Å². The zero-order valence-electron chi connectivity index (χ0n) is 33.7. The highest BCUT2D eigenvalue weighted by Crippen LogP contribution is 2.01. The standard InChI is InChI=1S/C37H69NO19/c39-34(6-7-36(42)43)38-8-3-9-45-10-11-46-12-13-47-14-15-48-16-17-49-18-19-50-20-21-51-22-23-52-24-25-53-26-27-54-28-29-55-30-31-56-32-33-57-37(44)5-2-1-4-35(40)41/h1-33H2,(H,38,39)(H,40,41)(H,42,43). The number of carbonyl (C=O) groups is 4. The van der Waals surface area contributed by atoms with E-state index in [1.165, 1.54) is 0 Å². The molecule has 0 heterocycles. The van der Waals surface area contributed by atoms with Crippen LogP contribution in [0.3, 0.4) is 0 Å². The first-order chi connectivity index (χ1) is 27.9. The summed E-state index contributed by atoms with van der Waals surface area (Å²) >= 11 is 0. The Morgan fingerprint density at radius 3 is 0.912 bits per heavy atom. The first-order valence-electron chi connectivity index (χ1n) is 19.7. The maximum Gasteiger partial charge on any atom is 0.305 e. The molecule has 0 aromatic heterocycles. The Kier molecular flexibility index (Phi) is 44.0.